The highest BCUT2D eigenvalue weighted by Gasteiger charge is 2.44. The highest BCUT2D eigenvalue weighted by atomic mass is 32.2. The van der Waals surface area contributed by atoms with Crippen molar-refractivity contribution >= 4 is 38.4 Å². The van der Waals surface area contributed by atoms with E-state index in [1.807, 2.05) is 18.2 Å². The second-order valence-electron chi connectivity index (χ2n) is 9.29. The van der Waals surface area contributed by atoms with Gasteiger partial charge in [-0.3, -0.25) is 9.48 Å². The van der Waals surface area contributed by atoms with Crippen LogP contribution in [0.25, 0.3) is 10.9 Å². The van der Waals surface area contributed by atoms with Crippen LogP contribution in [0.5, 0.6) is 0 Å². The number of ether oxygens (including phenoxy) is 1. The van der Waals surface area contributed by atoms with Gasteiger partial charge in [-0.1, -0.05) is 11.8 Å². The first-order valence-corrected chi connectivity index (χ1v) is 14.7. The van der Waals surface area contributed by atoms with Gasteiger partial charge in [0.2, 0.25) is 0 Å². The monoisotopic (exact) mass is 531 g/mol. The average molecular weight is 532 g/mol. The van der Waals surface area contributed by atoms with E-state index in [1.165, 1.54) is 6.92 Å². The number of thioether (sulfide) groups is 1. The van der Waals surface area contributed by atoms with Gasteiger partial charge in [-0.25, -0.2) is 18.7 Å². The number of nitrogens with zero attached hydrogens (tertiary/aromatic N) is 2. The van der Waals surface area contributed by atoms with Crippen LogP contribution in [-0.4, -0.2) is 70.2 Å². The fourth-order valence-electron chi connectivity index (χ4n) is 3.71. The van der Waals surface area contributed by atoms with E-state index in [0.29, 0.717) is 24.5 Å². The Hall–Kier alpha value is -2.54. The lowest BCUT2D eigenvalue weighted by Crippen LogP contribution is -2.51. The van der Waals surface area contributed by atoms with Gasteiger partial charge in [-0.05, 0) is 56.2 Å². The summed E-state index contributed by atoms with van der Waals surface area (Å²) in [6, 6.07) is 5.50. The molecule has 2 aromatic rings. The summed E-state index contributed by atoms with van der Waals surface area (Å²) in [6.45, 7) is 2.13. The van der Waals surface area contributed by atoms with Crippen LogP contribution in [0.3, 0.4) is 0 Å². The van der Waals surface area contributed by atoms with Crippen LogP contribution in [-0.2, 0) is 30.8 Å². The van der Waals surface area contributed by atoms with Crippen molar-refractivity contribution in [3.8, 4) is 23.7 Å². The van der Waals surface area contributed by atoms with Crippen molar-refractivity contribution in [2.75, 3.05) is 24.4 Å². The summed E-state index contributed by atoms with van der Waals surface area (Å²) < 4.78 is 30.5. The second kappa shape index (κ2) is 10.8. The van der Waals surface area contributed by atoms with E-state index >= 15 is 0 Å². The molecule has 0 radical (unpaired) electrons. The molecule has 3 heterocycles. The van der Waals surface area contributed by atoms with Gasteiger partial charge in [0.05, 0.1) is 5.52 Å². The van der Waals surface area contributed by atoms with Gasteiger partial charge in [-0.15, -0.1) is 0 Å². The smallest absolute Gasteiger partial charge is 0.264 e. The maximum atomic E-state index is 12.9. The number of amides is 1. The van der Waals surface area contributed by atoms with Crippen LogP contribution in [0, 0.1) is 23.7 Å². The van der Waals surface area contributed by atoms with Crippen molar-refractivity contribution < 1.29 is 27.9 Å². The molecule has 0 bridgehead atoms. The first-order valence-electron chi connectivity index (χ1n) is 11.7. The molecule has 11 heteroatoms. The number of hydrogen-bond donors (Lipinski definition) is 2. The molecule has 2 saturated heterocycles. The number of carbonyl (C=O) groups is 1. The summed E-state index contributed by atoms with van der Waals surface area (Å²) in [5, 5.41) is 15.3. The Morgan fingerprint density at radius 1 is 1.39 bits per heavy atom. The van der Waals surface area contributed by atoms with Gasteiger partial charge in [0, 0.05) is 54.5 Å². The Balaban J connectivity index is 1.42. The Morgan fingerprint density at radius 2 is 2.19 bits per heavy atom. The normalized spacial score (nSPS) is 20.7. The third kappa shape index (κ3) is 6.23. The molecule has 2 N–H and O–H groups in total. The molecular weight excluding hydrogens is 502 g/mol. The standard InChI is InChI=1S/C25H29N3O6S2/c1-24(36(2,31)32,23(29)27-34-22-8-4-6-14-33-22)12-13-28-16-20-15-19(9-10-21(20)26-28)7-3-5-11-25(30)17-35-18-25/h9-10,15-16,22,30H,4,6,8,12-14,17-18H2,1-2H3,(H,27,29)/t22?,24-/m1/s1. The fraction of sp³-hybridized carbons (Fsp3) is 0.520. The minimum Gasteiger partial charge on any atom is -0.376 e. The number of sulfone groups is 1. The number of aromatic nitrogens is 2. The molecule has 0 aliphatic carbocycles. The van der Waals surface area contributed by atoms with Crippen molar-refractivity contribution in [1.82, 2.24) is 15.3 Å². The quantitative estimate of drug-likeness (QED) is 0.409. The van der Waals surface area contributed by atoms with Crippen LogP contribution in [0.2, 0.25) is 0 Å². The number of aryl methyl sites for hydroxylation is 1. The van der Waals surface area contributed by atoms with Crippen molar-refractivity contribution in [2.24, 2.45) is 0 Å². The summed E-state index contributed by atoms with van der Waals surface area (Å²) in [5.74, 6) is 11.7. The third-order valence-corrected chi connectivity index (χ3v) is 9.73. The van der Waals surface area contributed by atoms with Crippen LogP contribution < -0.4 is 5.48 Å². The summed E-state index contributed by atoms with van der Waals surface area (Å²) in [7, 11) is -3.77. The minimum atomic E-state index is -3.77. The van der Waals surface area contributed by atoms with Gasteiger partial charge < -0.3 is 9.84 Å². The average Bonchev–Trinajstić information content (AvgIpc) is 3.24. The molecule has 36 heavy (non-hydrogen) atoms. The lowest BCUT2D eigenvalue weighted by Gasteiger charge is -2.29. The molecule has 1 aromatic heterocycles. The number of benzene rings is 1. The Kier molecular flexibility index (Phi) is 7.98. The second-order valence-corrected chi connectivity index (χ2v) is 12.7. The van der Waals surface area contributed by atoms with Crippen molar-refractivity contribution in [3.05, 3.63) is 30.0 Å². The summed E-state index contributed by atoms with van der Waals surface area (Å²) in [4.78, 5) is 18.2. The number of hydroxylamine groups is 1. The number of rotatable bonds is 7. The highest BCUT2D eigenvalue weighted by molar-refractivity contribution is 8.00. The zero-order valence-corrected chi connectivity index (χ0v) is 21.9. The van der Waals surface area contributed by atoms with E-state index in [0.717, 1.165) is 35.6 Å². The molecule has 2 atom stereocenters. The minimum absolute atomic E-state index is 0.00396. The fourth-order valence-corrected chi connectivity index (χ4v) is 5.29. The molecule has 1 aromatic carbocycles. The van der Waals surface area contributed by atoms with Gasteiger partial charge in [-0.2, -0.15) is 16.9 Å². The maximum absolute atomic E-state index is 12.9. The largest absolute Gasteiger partial charge is 0.376 e. The van der Waals surface area contributed by atoms with Gasteiger partial charge in [0.25, 0.3) is 5.91 Å². The topological polar surface area (TPSA) is 120 Å². The molecule has 2 fully saturated rings. The summed E-state index contributed by atoms with van der Waals surface area (Å²) >= 11 is 1.64. The summed E-state index contributed by atoms with van der Waals surface area (Å²) in [6.07, 6.45) is 4.74. The van der Waals surface area contributed by atoms with Crippen molar-refractivity contribution in [2.45, 2.75) is 55.8 Å². The lowest BCUT2D eigenvalue weighted by atomic mass is 10.1. The Bertz CT molecular complexity index is 1350. The number of hydrogen-bond acceptors (Lipinski definition) is 8. The zero-order valence-electron chi connectivity index (χ0n) is 20.2. The molecule has 1 amide bonds. The molecule has 192 valence electrons. The van der Waals surface area contributed by atoms with E-state index in [2.05, 4.69) is 34.3 Å². The van der Waals surface area contributed by atoms with Crippen LogP contribution in [0.15, 0.2) is 24.4 Å². The number of fused-ring (bicyclic) bond motifs is 1. The maximum Gasteiger partial charge on any atom is 0.264 e. The van der Waals surface area contributed by atoms with Crippen LogP contribution >= 0.6 is 11.8 Å². The van der Waals surface area contributed by atoms with E-state index in [1.54, 1.807) is 22.6 Å². The van der Waals surface area contributed by atoms with Gasteiger partial charge in [0.15, 0.2) is 20.9 Å². The molecule has 0 spiro atoms. The van der Waals surface area contributed by atoms with Gasteiger partial charge in [0.1, 0.15) is 5.60 Å². The zero-order chi connectivity index (χ0) is 25.8. The molecule has 2 aliphatic rings. The number of nitrogens with one attached hydrogen (secondary N) is 1. The predicted octanol–water partition coefficient (Wildman–Crippen LogP) is 1.64. The predicted molar refractivity (Wildman–Crippen MR) is 137 cm³/mol. The first kappa shape index (κ1) is 26.5. The van der Waals surface area contributed by atoms with Crippen molar-refractivity contribution in [3.63, 3.8) is 0 Å². The van der Waals surface area contributed by atoms with E-state index in [4.69, 9.17) is 9.57 Å². The van der Waals surface area contributed by atoms with E-state index in [-0.39, 0.29) is 13.0 Å². The Labute approximate surface area is 215 Å². The van der Waals surface area contributed by atoms with E-state index < -0.39 is 32.4 Å². The molecular formula is C25H29N3O6S2. The Morgan fingerprint density at radius 3 is 2.86 bits per heavy atom. The van der Waals surface area contributed by atoms with Gasteiger partial charge >= 0.3 is 0 Å². The molecule has 0 saturated carbocycles. The lowest BCUT2D eigenvalue weighted by molar-refractivity contribution is -0.201. The summed E-state index contributed by atoms with van der Waals surface area (Å²) in [5.41, 5.74) is 2.84. The van der Waals surface area contributed by atoms with Crippen LogP contribution in [0.4, 0.5) is 0 Å². The highest BCUT2D eigenvalue weighted by Crippen LogP contribution is 2.28. The molecule has 4 rings (SSSR count). The van der Waals surface area contributed by atoms with Crippen molar-refractivity contribution in [1.29, 1.82) is 0 Å². The van der Waals surface area contributed by atoms with E-state index in [9.17, 15) is 18.3 Å². The first-order chi connectivity index (χ1) is 17.1. The van der Waals surface area contributed by atoms with Crippen LogP contribution in [0.1, 0.15) is 38.2 Å². The molecule has 2 aliphatic heterocycles. The number of aliphatic hydroxyl groups is 1. The SMILES string of the molecule is C[C@@](CCn1cc2cc(C#CC#CC3(O)CSC3)ccc2n1)(C(=O)NOC1CCCCO1)S(C)(=O)=O. The molecule has 9 nitrogen and oxygen atoms in total. The molecule has 1 unspecified atom stereocenters. The number of carbonyl (C=O) groups excluding carboxylic acids is 1. The third-order valence-electron chi connectivity index (χ3n) is 6.34.